The van der Waals surface area contributed by atoms with Crippen LogP contribution in [-0.2, 0) is 21.7 Å². The zero-order valence-corrected chi connectivity index (χ0v) is 25.0. The largest absolute Gasteiger partial charge is 0.508 e. The standard InChI is InChI=1S/C37H33N3O6/c38-22-25-2-1-3-28(18-25)26-4-8-29(9-5-26)37(45-24-36(44)39-30-19-32(42)21-33(43)20-30)14-16-40(17-15-37)23-34-12-13-35(46-34)27-6-10-31(41)11-7-27/h1-13,18-21,41-43H,14-17,23-24H2,(H,39,44). The molecule has 0 saturated carbocycles. The van der Waals surface area contributed by atoms with Crippen LogP contribution in [-0.4, -0.2) is 45.8 Å². The van der Waals surface area contributed by atoms with E-state index in [0.29, 0.717) is 38.0 Å². The number of anilines is 1. The predicted octanol–water partition coefficient (Wildman–Crippen LogP) is 6.75. The van der Waals surface area contributed by atoms with Crippen LogP contribution < -0.4 is 5.32 Å². The molecular weight excluding hydrogens is 582 g/mol. The van der Waals surface area contributed by atoms with E-state index in [1.807, 2.05) is 66.7 Å². The van der Waals surface area contributed by atoms with Crippen molar-refractivity contribution in [1.82, 2.24) is 4.90 Å². The summed E-state index contributed by atoms with van der Waals surface area (Å²) < 4.78 is 12.6. The average molecular weight is 616 g/mol. The van der Waals surface area contributed by atoms with Crippen molar-refractivity contribution in [2.24, 2.45) is 0 Å². The SMILES string of the molecule is N#Cc1cccc(-c2ccc(C3(OCC(=O)Nc4cc(O)cc(O)c4)CCN(Cc4ccc(-c5ccc(O)cc5)o4)CC3)cc2)c1. The Balaban J connectivity index is 1.17. The first-order valence-corrected chi connectivity index (χ1v) is 15.0. The summed E-state index contributed by atoms with van der Waals surface area (Å²) in [5.41, 5.74) is 3.87. The van der Waals surface area contributed by atoms with Crippen molar-refractivity contribution in [1.29, 1.82) is 5.26 Å². The zero-order valence-electron chi connectivity index (χ0n) is 25.0. The van der Waals surface area contributed by atoms with Crippen molar-refractivity contribution in [2.45, 2.75) is 25.0 Å². The lowest BCUT2D eigenvalue weighted by atomic mass is 9.83. The van der Waals surface area contributed by atoms with E-state index in [1.54, 1.807) is 18.2 Å². The van der Waals surface area contributed by atoms with Crippen LogP contribution >= 0.6 is 0 Å². The maximum absolute atomic E-state index is 12.9. The summed E-state index contributed by atoms with van der Waals surface area (Å²) in [6.45, 7) is 1.78. The fraction of sp³-hybridized carbons (Fsp3) is 0.189. The molecule has 0 unspecified atom stereocenters. The van der Waals surface area contributed by atoms with E-state index < -0.39 is 11.5 Å². The second kappa shape index (κ2) is 13.2. The third kappa shape index (κ3) is 7.05. The van der Waals surface area contributed by atoms with Crippen molar-refractivity contribution in [3.63, 3.8) is 0 Å². The molecule has 4 aromatic carbocycles. The predicted molar refractivity (Wildman–Crippen MR) is 173 cm³/mol. The first kappa shape index (κ1) is 30.5. The number of aromatic hydroxyl groups is 3. The summed E-state index contributed by atoms with van der Waals surface area (Å²) in [6, 6.07) is 32.4. The molecule has 232 valence electrons. The molecule has 1 aliphatic heterocycles. The third-order valence-corrected chi connectivity index (χ3v) is 8.26. The van der Waals surface area contributed by atoms with Gasteiger partial charge in [0.15, 0.2) is 0 Å². The molecule has 4 N–H and O–H groups in total. The molecule has 6 rings (SSSR count). The van der Waals surface area contributed by atoms with Crippen LogP contribution in [0.2, 0.25) is 0 Å². The number of rotatable bonds is 9. The van der Waals surface area contributed by atoms with Gasteiger partial charge in [-0.25, -0.2) is 0 Å². The minimum Gasteiger partial charge on any atom is -0.508 e. The Labute approximate surface area is 266 Å². The van der Waals surface area contributed by atoms with E-state index in [9.17, 15) is 25.4 Å². The molecule has 9 heteroatoms. The van der Waals surface area contributed by atoms with Crippen molar-refractivity contribution in [3.8, 4) is 45.8 Å². The van der Waals surface area contributed by atoms with Crippen LogP contribution in [0.3, 0.4) is 0 Å². The smallest absolute Gasteiger partial charge is 0.250 e. The molecular formula is C37H33N3O6. The fourth-order valence-electron chi connectivity index (χ4n) is 5.86. The van der Waals surface area contributed by atoms with Crippen LogP contribution in [0.5, 0.6) is 17.2 Å². The first-order chi connectivity index (χ1) is 22.3. The van der Waals surface area contributed by atoms with Gasteiger partial charge in [-0.1, -0.05) is 36.4 Å². The van der Waals surface area contributed by atoms with Gasteiger partial charge in [0, 0.05) is 42.5 Å². The maximum atomic E-state index is 12.9. The Morgan fingerprint density at radius 3 is 2.22 bits per heavy atom. The second-order valence-corrected chi connectivity index (χ2v) is 11.4. The molecule has 46 heavy (non-hydrogen) atoms. The Kier molecular flexibility index (Phi) is 8.74. The molecule has 0 radical (unpaired) electrons. The van der Waals surface area contributed by atoms with Crippen molar-refractivity contribution in [3.05, 3.63) is 120 Å². The molecule has 0 spiro atoms. The molecule has 0 bridgehead atoms. The summed E-state index contributed by atoms with van der Waals surface area (Å²) in [6.07, 6.45) is 1.25. The van der Waals surface area contributed by atoms with E-state index in [4.69, 9.17) is 9.15 Å². The van der Waals surface area contributed by atoms with Crippen LogP contribution in [0, 0.1) is 11.3 Å². The van der Waals surface area contributed by atoms with Gasteiger partial charge in [-0.2, -0.15) is 5.26 Å². The minimum absolute atomic E-state index is 0.160. The lowest BCUT2D eigenvalue weighted by Crippen LogP contribution is -2.45. The van der Waals surface area contributed by atoms with Gasteiger partial charge in [0.2, 0.25) is 5.91 Å². The normalized spacial score (nSPS) is 14.4. The highest BCUT2D eigenvalue weighted by Gasteiger charge is 2.38. The Hall–Kier alpha value is -5.56. The molecule has 9 nitrogen and oxygen atoms in total. The monoisotopic (exact) mass is 615 g/mol. The molecule has 1 amide bonds. The number of furan rings is 1. The number of benzene rings is 4. The van der Waals surface area contributed by atoms with Gasteiger partial charge in [-0.05, 0) is 78.1 Å². The number of carbonyl (C=O) groups excluding carboxylic acids is 1. The number of nitrogens with zero attached hydrogens (tertiary/aromatic N) is 2. The Morgan fingerprint density at radius 1 is 0.826 bits per heavy atom. The lowest BCUT2D eigenvalue weighted by Gasteiger charge is -2.42. The van der Waals surface area contributed by atoms with Crippen LogP contribution in [0.25, 0.3) is 22.5 Å². The van der Waals surface area contributed by atoms with E-state index in [0.717, 1.165) is 33.8 Å². The minimum atomic E-state index is -0.734. The highest BCUT2D eigenvalue weighted by Crippen LogP contribution is 2.39. The molecule has 1 fully saturated rings. The summed E-state index contributed by atoms with van der Waals surface area (Å²) in [4.78, 5) is 15.2. The van der Waals surface area contributed by atoms with E-state index >= 15 is 0 Å². The number of phenols is 3. The van der Waals surface area contributed by atoms with Gasteiger partial charge >= 0.3 is 0 Å². The number of hydrogen-bond donors (Lipinski definition) is 4. The van der Waals surface area contributed by atoms with Crippen molar-refractivity contribution < 1.29 is 29.3 Å². The number of likely N-dealkylation sites (tertiary alicyclic amines) is 1. The summed E-state index contributed by atoms with van der Waals surface area (Å²) >= 11 is 0. The van der Waals surface area contributed by atoms with E-state index in [2.05, 4.69) is 16.3 Å². The zero-order chi connectivity index (χ0) is 32.1. The van der Waals surface area contributed by atoms with Crippen molar-refractivity contribution >= 4 is 11.6 Å². The third-order valence-electron chi connectivity index (χ3n) is 8.26. The van der Waals surface area contributed by atoms with Gasteiger partial charge in [-0.15, -0.1) is 0 Å². The summed E-state index contributed by atoms with van der Waals surface area (Å²) in [5, 5.41) is 41.2. The number of phenolic OH excluding ortho intramolecular Hbond substituents is 3. The van der Waals surface area contributed by atoms with Crippen LogP contribution in [0.1, 0.15) is 29.7 Å². The highest BCUT2D eigenvalue weighted by molar-refractivity contribution is 5.92. The second-order valence-electron chi connectivity index (χ2n) is 11.4. The molecule has 1 aromatic heterocycles. The van der Waals surface area contributed by atoms with E-state index in [1.165, 1.54) is 18.2 Å². The quantitative estimate of drug-likeness (QED) is 0.143. The van der Waals surface area contributed by atoms with Crippen LogP contribution in [0.4, 0.5) is 5.69 Å². The topological polar surface area (TPSA) is 139 Å². The summed E-state index contributed by atoms with van der Waals surface area (Å²) in [7, 11) is 0. The number of hydrogen-bond acceptors (Lipinski definition) is 8. The Morgan fingerprint density at radius 2 is 1.52 bits per heavy atom. The number of nitriles is 1. The molecule has 0 atom stereocenters. The van der Waals surface area contributed by atoms with E-state index in [-0.39, 0.29) is 29.5 Å². The number of amides is 1. The van der Waals surface area contributed by atoms with Crippen LogP contribution in [0.15, 0.2) is 108 Å². The number of ether oxygens (including phenoxy) is 1. The van der Waals surface area contributed by atoms with Gasteiger partial charge in [0.1, 0.15) is 35.4 Å². The maximum Gasteiger partial charge on any atom is 0.250 e. The fourth-order valence-corrected chi connectivity index (χ4v) is 5.86. The molecule has 1 saturated heterocycles. The van der Waals surface area contributed by atoms with Gasteiger partial charge in [0.25, 0.3) is 0 Å². The van der Waals surface area contributed by atoms with Gasteiger partial charge in [0.05, 0.1) is 23.8 Å². The molecule has 0 aliphatic carbocycles. The first-order valence-electron chi connectivity index (χ1n) is 15.0. The molecule has 2 heterocycles. The average Bonchev–Trinajstić information content (AvgIpc) is 3.53. The number of carbonyl (C=O) groups is 1. The number of nitrogens with one attached hydrogen (secondary N) is 1. The Bertz CT molecular complexity index is 1850. The van der Waals surface area contributed by atoms with Gasteiger partial charge < -0.3 is 29.8 Å². The highest BCUT2D eigenvalue weighted by atomic mass is 16.5. The summed E-state index contributed by atoms with van der Waals surface area (Å²) in [5.74, 6) is 1.03. The van der Waals surface area contributed by atoms with Gasteiger partial charge in [-0.3, -0.25) is 9.69 Å². The molecule has 5 aromatic rings. The number of piperidine rings is 1. The molecule has 1 aliphatic rings. The lowest BCUT2D eigenvalue weighted by molar-refractivity contribution is -0.135. The van der Waals surface area contributed by atoms with Crippen molar-refractivity contribution in [2.75, 3.05) is 25.0 Å².